The third-order valence-electron chi connectivity index (χ3n) is 3.55. The van der Waals surface area contributed by atoms with Crippen LogP contribution < -0.4 is 19.5 Å². The smallest absolute Gasteiger partial charge is 0.261 e. The lowest BCUT2D eigenvalue weighted by molar-refractivity contribution is -0.127. The molecule has 5 nitrogen and oxygen atoms in total. The first-order chi connectivity index (χ1) is 12.4. The van der Waals surface area contributed by atoms with E-state index in [1.54, 1.807) is 45.4 Å². The molecule has 0 aromatic heterocycles. The van der Waals surface area contributed by atoms with Gasteiger partial charge in [0.25, 0.3) is 5.91 Å². The van der Waals surface area contributed by atoms with Crippen LogP contribution in [-0.4, -0.2) is 26.2 Å². The van der Waals surface area contributed by atoms with Crippen molar-refractivity contribution >= 4 is 45.0 Å². The number of hydrogen-bond donors (Lipinski definition) is 1. The van der Waals surface area contributed by atoms with E-state index in [2.05, 4.69) is 21.2 Å². The van der Waals surface area contributed by atoms with E-state index in [1.807, 2.05) is 6.07 Å². The SMILES string of the molecule is COc1cc(CNC(=O)C(C)Oc2cccc(Cl)c2Cl)cc(Br)c1OC. The molecule has 1 atom stereocenters. The lowest BCUT2D eigenvalue weighted by Crippen LogP contribution is -2.36. The molecular weight excluding hydrogens is 445 g/mol. The van der Waals surface area contributed by atoms with Crippen molar-refractivity contribution in [1.82, 2.24) is 5.32 Å². The fourth-order valence-electron chi connectivity index (χ4n) is 2.23. The Morgan fingerprint density at radius 1 is 1.19 bits per heavy atom. The summed E-state index contributed by atoms with van der Waals surface area (Å²) >= 11 is 15.4. The normalized spacial score (nSPS) is 11.6. The number of halogens is 3. The molecule has 0 saturated carbocycles. The number of rotatable bonds is 7. The minimum atomic E-state index is -0.741. The Kier molecular flexibility index (Phi) is 7.43. The van der Waals surface area contributed by atoms with Gasteiger partial charge in [-0.05, 0) is 52.7 Å². The molecule has 140 valence electrons. The van der Waals surface area contributed by atoms with Gasteiger partial charge in [-0.25, -0.2) is 0 Å². The highest BCUT2D eigenvalue weighted by Gasteiger charge is 2.17. The molecule has 26 heavy (non-hydrogen) atoms. The average Bonchev–Trinajstić information content (AvgIpc) is 2.62. The quantitative estimate of drug-likeness (QED) is 0.638. The van der Waals surface area contributed by atoms with Gasteiger partial charge in [-0.15, -0.1) is 0 Å². The summed E-state index contributed by atoms with van der Waals surface area (Å²) in [5, 5.41) is 3.45. The van der Waals surface area contributed by atoms with Crippen LogP contribution in [0.5, 0.6) is 17.2 Å². The van der Waals surface area contributed by atoms with Gasteiger partial charge in [-0.2, -0.15) is 0 Å². The summed E-state index contributed by atoms with van der Waals surface area (Å²) in [6.45, 7) is 1.94. The molecule has 0 aliphatic heterocycles. The first kappa shape index (κ1) is 20.7. The predicted octanol–water partition coefficient (Wildman–Crippen LogP) is 4.86. The minimum absolute atomic E-state index is 0.276. The van der Waals surface area contributed by atoms with E-state index >= 15 is 0 Å². The van der Waals surface area contributed by atoms with Crippen molar-refractivity contribution < 1.29 is 19.0 Å². The topological polar surface area (TPSA) is 56.8 Å². The Morgan fingerprint density at radius 3 is 2.58 bits per heavy atom. The molecular formula is C18H18BrCl2NO4. The van der Waals surface area contributed by atoms with E-state index in [9.17, 15) is 4.79 Å². The molecule has 1 unspecified atom stereocenters. The number of carbonyl (C=O) groups is 1. The molecule has 0 heterocycles. The summed E-state index contributed by atoms with van der Waals surface area (Å²) < 4.78 is 16.9. The van der Waals surface area contributed by atoms with Gasteiger partial charge in [0, 0.05) is 6.54 Å². The van der Waals surface area contributed by atoms with Crippen LogP contribution in [0, 0.1) is 0 Å². The number of carbonyl (C=O) groups excluding carboxylic acids is 1. The van der Waals surface area contributed by atoms with Crippen molar-refractivity contribution in [2.45, 2.75) is 19.6 Å². The highest BCUT2D eigenvalue weighted by Crippen LogP contribution is 2.36. The zero-order valence-electron chi connectivity index (χ0n) is 14.4. The van der Waals surface area contributed by atoms with Gasteiger partial charge in [0.1, 0.15) is 10.8 Å². The molecule has 0 bridgehead atoms. The largest absolute Gasteiger partial charge is 0.493 e. The highest BCUT2D eigenvalue weighted by atomic mass is 79.9. The van der Waals surface area contributed by atoms with Crippen LogP contribution in [-0.2, 0) is 11.3 Å². The van der Waals surface area contributed by atoms with Crippen molar-refractivity contribution in [2.75, 3.05) is 14.2 Å². The van der Waals surface area contributed by atoms with Crippen LogP contribution >= 0.6 is 39.1 Å². The Morgan fingerprint density at radius 2 is 1.92 bits per heavy atom. The third kappa shape index (κ3) is 4.96. The number of hydrogen-bond acceptors (Lipinski definition) is 4. The van der Waals surface area contributed by atoms with Crippen LogP contribution in [0.3, 0.4) is 0 Å². The van der Waals surface area contributed by atoms with Crippen LogP contribution in [0.2, 0.25) is 10.0 Å². The summed E-state index contributed by atoms with van der Waals surface area (Å²) in [4.78, 5) is 12.3. The minimum Gasteiger partial charge on any atom is -0.493 e. The molecule has 2 aromatic carbocycles. The van der Waals surface area contributed by atoms with Gasteiger partial charge in [0.15, 0.2) is 17.6 Å². The number of nitrogens with one attached hydrogen (secondary N) is 1. The number of ether oxygens (including phenoxy) is 3. The lowest BCUT2D eigenvalue weighted by atomic mass is 10.2. The summed E-state index contributed by atoms with van der Waals surface area (Å²) in [6.07, 6.45) is -0.741. The van der Waals surface area contributed by atoms with Crippen molar-refractivity contribution in [2.24, 2.45) is 0 Å². The van der Waals surface area contributed by atoms with E-state index in [-0.39, 0.29) is 10.9 Å². The molecule has 2 rings (SSSR count). The first-order valence-electron chi connectivity index (χ1n) is 7.66. The molecule has 8 heteroatoms. The number of amides is 1. The lowest BCUT2D eigenvalue weighted by Gasteiger charge is -2.17. The predicted molar refractivity (Wildman–Crippen MR) is 106 cm³/mol. The fraction of sp³-hybridized carbons (Fsp3) is 0.278. The molecule has 0 spiro atoms. The summed E-state index contributed by atoms with van der Waals surface area (Å²) in [7, 11) is 3.11. The van der Waals surface area contributed by atoms with Crippen molar-refractivity contribution in [1.29, 1.82) is 0 Å². The Balaban J connectivity index is 2.02. The van der Waals surface area contributed by atoms with Gasteiger partial charge >= 0.3 is 0 Å². The van der Waals surface area contributed by atoms with Crippen LogP contribution in [0.4, 0.5) is 0 Å². The standard InChI is InChI=1S/C18H18BrCl2NO4/c1-10(26-14-6-4-5-13(20)16(14)21)18(23)22-9-11-7-12(19)17(25-3)15(8-11)24-2/h4-8,10H,9H2,1-3H3,(H,22,23). The molecule has 2 aromatic rings. The molecule has 0 fully saturated rings. The van der Waals surface area contributed by atoms with Crippen LogP contribution in [0.1, 0.15) is 12.5 Å². The summed E-state index contributed by atoms with van der Waals surface area (Å²) in [5.74, 6) is 1.23. The van der Waals surface area contributed by atoms with E-state index in [4.69, 9.17) is 37.4 Å². The van der Waals surface area contributed by atoms with Gasteiger partial charge in [0.2, 0.25) is 0 Å². The second-order valence-electron chi connectivity index (χ2n) is 5.34. The Bertz CT molecular complexity index is 801. The molecule has 1 N–H and O–H groups in total. The molecule has 0 aliphatic carbocycles. The van der Waals surface area contributed by atoms with Gasteiger partial charge in [-0.3, -0.25) is 4.79 Å². The zero-order chi connectivity index (χ0) is 19.3. The molecule has 0 radical (unpaired) electrons. The monoisotopic (exact) mass is 461 g/mol. The zero-order valence-corrected chi connectivity index (χ0v) is 17.5. The molecule has 0 aliphatic rings. The maximum atomic E-state index is 12.3. The molecule has 0 saturated heterocycles. The van der Waals surface area contributed by atoms with Crippen LogP contribution in [0.25, 0.3) is 0 Å². The van der Waals surface area contributed by atoms with E-state index in [0.717, 1.165) is 10.0 Å². The number of benzene rings is 2. The maximum Gasteiger partial charge on any atom is 0.261 e. The van der Waals surface area contributed by atoms with Gasteiger partial charge in [0.05, 0.1) is 23.7 Å². The first-order valence-corrected chi connectivity index (χ1v) is 9.21. The van der Waals surface area contributed by atoms with Gasteiger partial charge < -0.3 is 19.5 Å². The number of methoxy groups -OCH3 is 2. The van der Waals surface area contributed by atoms with Crippen molar-refractivity contribution in [3.63, 3.8) is 0 Å². The van der Waals surface area contributed by atoms with Crippen LogP contribution in [0.15, 0.2) is 34.8 Å². The van der Waals surface area contributed by atoms with Crippen molar-refractivity contribution in [3.8, 4) is 17.2 Å². The third-order valence-corrected chi connectivity index (χ3v) is 4.94. The summed E-state index contributed by atoms with van der Waals surface area (Å²) in [6, 6.07) is 8.65. The molecule has 1 amide bonds. The second kappa shape index (κ2) is 9.35. The summed E-state index contributed by atoms with van der Waals surface area (Å²) in [5.41, 5.74) is 0.843. The van der Waals surface area contributed by atoms with Gasteiger partial charge in [-0.1, -0.05) is 29.3 Å². The maximum absolute atomic E-state index is 12.3. The van der Waals surface area contributed by atoms with E-state index < -0.39 is 6.10 Å². The fourth-order valence-corrected chi connectivity index (χ4v) is 3.21. The highest BCUT2D eigenvalue weighted by molar-refractivity contribution is 9.10. The second-order valence-corrected chi connectivity index (χ2v) is 6.98. The van der Waals surface area contributed by atoms with E-state index in [0.29, 0.717) is 28.8 Å². The Hall–Kier alpha value is -1.63. The van der Waals surface area contributed by atoms with E-state index in [1.165, 1.54) is 0 Å². The van der Waals surface area contributed by atoms with Crippen molar-refractivity contribution in [3.05, 3.63) is 50.4 Å². The Labute approximate surface area is 170 Å². The average molecular weight is 463 g/mol.